The Morgan fingerprint density at radius 2 is 1.25 bits per heavy atom. The topological polar surface area (TPSA) is 31.5 Å². The first-order valence-corrected chi connectivity index (χ1v) is 0.707. The molecule has 0 fully saturated rings. The molecule has 2 N–H and O–H groups in total. The van der Waals surface area contributed by atoms with E-state index in [0.717, 1.165) is 0 Å². The second-order valence-corrected chi connectivity index (χ2v) is 0. The normalized spacial score (nSPS) is 1.50. The van der Waals surface area contributed by atoms with E-state index in [0.29, 0.717) is 0 Å². The third-order valence-electron chi connectivity index (χ3n) is 0. The van der Waals surface area contributed by atoms with Gasteiger partial charge in [-0.15, -0.1) is 0 Å². The molecule has 2 heteroatoms. The van der Waals surface area contributed by atoms with Gasteiger partial charge < -0.3 is 5.48 Å². The van der Waals surface area contributed by atoms with Gasteiger partial charge in [0.05, 0.1) is 0 Å². The Morgan fingerprint density at radius 3 is 1.25 bits per heavy atom. The van der Waals surface area contributed by atoms with Crippen LogP contribution in [0, 0.1) is 6.92 Å². The molecular weight excluding hydrogens is 159 g/mol. The number of rotatable bonds is 0. The monoisotopic (exact) mass is 169 g/mol. The van der Waals surface area contributed by atoms with E-state index in [4.69, 9.17) is 0 Å². The summed E-state index contributed by atoms with van der Waals surface area (Å²) in [7, 11) is 0. The molecule has 0 aromatic carbocycles. The molecule has 0 unspecified atom stereocenters. The van der Waals surface area contributed by atoms with Crippen LogP contribution in [0.4, 0.5) is 0 Å². The Balaban J connectivity index is -0.00000000500. The van der Waals surface area contributed by atoms with E-state index in [2.05, 4.69) is 6.92 Å². The van der Waals surface area contributed by atoms with E-state index in [9.17, 15) is 0 Å². The fourth-order valence-electron chi connectivity index (χ4n) is 0. The summed E-state index contributed by atoms with van der Waals surface area (Å²) in [5.74, 6) is 0. The van der Waals surface area contributed by atoms with Gasteiger partial charge in [-0.3, -0.25) is 0 Å². The maximum absolute atomic E-state index is 3.25. The van der Waals surface area contributed by atoms with E-state index in [1.54, 1.807) is 6.92 Å². The van der Waals surface area contributed by atoms with Crippen molar-refractivity contribution in [2.75, 3.05) is 0 Å². The first-order valence-electron chi connectivity index (χ1n) is 0.707. The van der Waals surface area contributed by atoms with Crippen molar-refractivity contribution in [1.29, 1.82) is 0 Å². The molecule has 0 spiro atoms. The van der Waals surface area contributed by atoms with Gasteiger partial charge in [0.25, 0.3) is 0 Å². The van der Waals surface area contributed by atoms with Gasteiger partial charge in [-0.25, -0.2) is 0 Å². The van der Waals surface area contributed by atoms with Crippen LogP contribution >= 0.6 is 0 Å². The molecule has 0 bridgehead atoms. The molecule has 4 heavy (non-hydrogen) atoms. The van der Waals surface area contributed by atoms with Crippen LogP contribution in [0.5, 0.6) is 0 Å². The molecule has 0 aliphatic heterocycles. The quantitative estimate of drug-likeness (QED) is 0.419. The van der Waals surface area contributed by atoms with Crippen molar-refractivity contribution in [3.05, 3.63) is 6.92 Å². The minimum atomic E-state index is 0. The fourth-order valence-corrected chi connectivity index (χ4v) is 0. The summed E-state index contributed by atoms with van der Waals surface area (Å²) in [5.41, 5.74) is 0. The molecule has 0 aliphatic carbocycles. The predicted molar refractivity (Wildman–Crippen MR) is 23.2 cm³/mol. The van der Waals surface area contributed by atoms with Crippen molar-refractivity contribution in [3.8, 4) is 0 Å². The van der Waals surface area contributed by atoms with Crippen LogP contribution in [0.15, 0.2) is 0 Å². The SMILES string of the molecule is O.[CH2]C.[SnH2]. The first kappa shape index (κ1) is 21.7. The zero-order valence-corrected chi connectivity index (χ0v) is 6.95. The zero-order valence-electron chi connectivity index (χ0n) is 2.91. The van der Waals surface area contributed by atoms with Crippen LogP contribution in [-0.2, 0) is 0 Å². The van der Waals surface area contributed by atoms with E-state index in [-0.39, 0.29) is 29.4 Å². The van der Waals surface area contributed by atoms with Gasteiger partial charge in [-0.05, 0) is 0 Å². The molecule has 0 heterocycles. The van der Waals surface area contributed by atoms with Gasteiger partial charge in [-0.2, -0.15) is 0 Å². The van der Waals surface area contributed by atoms with E-state index in [1.807, 2.05) is 0 Å². The predicted octanol–water partition coefficient (Wildman–Crippen LogP) is -0.901. The Labute approximate surface area is 43.7 Å². The van der Waals surface area contributed by atoms with Gasteiger partial charge in [0.1, 0.15) is 0 Å². The molecule has 0 aliphatic rings. The van der Waals surface area contributed by atoms with Crippen molar-refractivity contribution in [3.63, 3.8) is 0 Å². The van der Waals surface area contributed by atoms with Crippen LogP contribution in [0.2, 0.25) is 0 Å². The van der Waals surface area contributed by atoms with Crippen molar-refractivity contribution in [2.45, 2.75) is 6.92 Å². The summed E-state index contributed by atoms with van der Waals surface area (Å²) in [5, 5.41) is 0. The molecule has 27 valence electrons. The van der Waals surface area contributed by atoms with E-state index in [1.165, 1.54) is 0 Å². The molecule has 0 amide bonds. The molecular formula is C2H9OSn. The van der Waals surface area contributed by atoms with Gasteiger partial charge in [0.15, 0.2) is 0 Å². The summed E-state index contributed by atoms with van der Waals surface area (Å²) in [6.45, 7) is 5.00. The Kier molecular flexibility index (Phi) is 270. The minimum absolute atomic E-state index is 0. The van der Waals surface area contributed by atoms with Crippen LogP contribution in [0.3, 0.4) is 0 Å². The van der Waals surface area contributed by atoms with Gasteiger partial charge >= 0.3 is 23.9 Å². The second-order valence-electron chi connectivity index (χ2n) is 0. The fraction of sp³-hybridized carbons (Fsp3) is 0.500. The van der Waals surface area contributed by atoms with Crippen LogP contribution < -0.4 is 0 Å². The molecule has 0 saturated heterocycles. The molecule has 1 nitrogen and oxygen atoms in total. The van der Waals surface area contributed by atoms with E-state index < -0.39 is 0 Å². The van der Waals surface area contributed by atoms with Crippen molar-refractivity contribution < 1.29 is 5.48 Å². The molecule has 0 rings (SSSR count). The maximum atomic E-state index is 3.25. The van der Waals surface area contributed by atoms with Crippen LogP contribution in [-0.4, -0.2) is 29.4 Å². The second kappa shape index (κ2) is 49.7. The van der Waals surface area contributed by atoms with Gasteiger partial charge in [0, 0.05) is 0 Å². The Bertz CT molecular complexity index is 6.00. The van der Waals surface area contributed by atoms with Gasteiger partial charge in [0.2, 0.25) is 0 Å². The summed E-state index contributed by atoms with van der Waals surface area (Å²) in [6.07, 6.45) is 0. The van der Waals surface area contributed by atoms with Crippen molar-refractivity contribution in [2.24, 2.45) is 0 Å². The molecule has 3 radical (unpaired) electrons. The third-order valence-corrected chi connectivity index (χ3v) is 0. The summed E-state index contributed by atoms with van der Waals surface area (Å²) in [6, 6.07) is 0. The zero-order chi connectivity index (χ0) is 2.00. The standard InChI is InChI=1S/C2H5.H2O.Sn.2H/c1-2;;;;/h1H2,2H3;1H2;;;. The molecule has 0 atom stereocenters. The average Bonchev–Trinajstić information content (AvgIpc) is 1.00. The van der Waals surface area contributed by atoms with Crippen molar-refractivity contribution in [1.82, 2.24) is 0 Å². The summed E-state index contributed by atoms with van der Waals surface area (Å²) >= 11 is 0. The van der Waals surface area contributed by atoms with E-state index >= 15 is 0 Å². The number of hydrogen-bond donors (Lipinski definition) is 0. The van der Waals surface area contributed by atoms with Crippen molar-refractivity contribution >= 4 is 23.9 Å². The van der Waals surface area contributed by atoms with Crippen LogP contribution in [0.25, 0.3) is 0 Å². The molecule has 0 saturated carbocycles. The van der Waals surface area contributed by atoms with Crippen LogP contribution in [0.1, 0.15) is 6.92 Å². The number of hydrogen-bond acceptors (Lipinski definition) is 0. The molecule has 0 aromatic heterocycles. The summed E-state index contributed by atoms with van der Waals surface area (Å²) in [4.78, 5) is 0. The Morgan fingerprint density at radius 1 is 1.25 bits per heavy atom. The summed E-state index contributed by atoms with van der Waals surface area (Å²) < 4.78 is 0. The third kappa shape index (κ3) is 14.8. The molecule has 0 aromatic rings. The Hall–Kier alpha value is 0.759. The average molecular weight is 168 g/mol. The van der Waals surface area contributed by atoms with Gasteiger partial charge in [-0.1, -0.05) is 13.8 Å². The first-order chi connectivity index (χ1) is 1.00.